The topological polar surface area (TPSA) is 85.2 Å². The second-order valence-electron chi connectivity index (χ2n) is 5.66. The van der Waals surface area contributed by atoms with Crippen LogP contribution in [0.4, 0.5) is 0 Å². The second kappa shape index (κ2) is 5.00. The number of carbonyl (C=O) groups is 1. The Morgan fingerprint density at radius 3 is 2.64 bits per heavy atom. The lowest BCUT2D eigenvalue weighted by Gasteiger charge is -2.33. The summed E-state index contributed by atoms with van der Waals surface area (Å²) in [7, 11) is 1.43. The summed E-state index contributed by atoms with van der Waals surface area (Å²) in [5, 5.41) is 20.8. The summed E-state index contributed by atoms with van der Waals surface area (Å²) in [5.74, 6) is -0.253. The van der Waals surface area contributed by atoms with Gasteiger partial charge in [0.25, 0.3) is 0 Å². The minimum Gasteiger partial charge on any atom is -0.495 e. The molecule has 0 aliphatic carbocycles. The predicted octanol–water partition coefficient (Wildman–Crippen LogP) is 1.78. The van der Waals surface area contributed by atoms with E-state index in [9.17, 15) is 15.0 Å². The van der Waals surface area contributed by atoms with E-state index >= 15 is 0 Å². The van der Waals surface area contributed by atoms with Gasteiger partial charge in [0.05, 0.1) is 19.8 Å². The van der Waals surface area contributed by atoms with Crippen molar-refractivity contribution in [2.75, 3.05) is 13.7 Å². The molecule has 0 radical (unpaired) electrons. The van der Waals surface area contributed by atoms with Crippen LogP contribution in [-0.2, 0) is 4.74 Å². The maximum absolute atomic E-state index is 12.0. The van der Waals surface area contributed by atoms with Crippen LogP contribution in [-0.4, -0.2) is 29.9 Å². The van der Waals surface area contributed by atoms with Crippen LogP contribution < -0.4 is 9.47 Å². The van der Waals surface area contributed by atoms with E-state index in [4.69, 9.17) is 14.2 Å². The molecule has 6 heteroatoms. The molecule has 0 fully saturated rings. The minimum absolute atomic E-state index is 0.149. The van der Waals surface area contributed by atoms with E-state index in [0.29, 0.717) is 22.6 Å². The number of ether oxygens (including phenoxy) is 3. The third-order valence-corrected chi connectivity index (χ3v) is 4.30. The third-order valence-electron chi connectivity index (χ3n) is 4.30. The fourth-order valence-corrected chi connectivity index (χ4v) is 3.16. The number of aliphatic hydroxyl groups excluding tert-OH is 2. The molecular weight excluding hydrogens is 288 g/mol. The SMILES string of the molecule is C=C(C)[C@H]1COc2c(C)c(OC)c3c(c2[C@H]1O)C(O)OC3=O. The zero-order valence-corrected chi connectivity index (χ0v) is 12.7. The van der Waals surface area contributed by atoms with E-state index < -0.39 is 18.4 Å². The van der Waals surface area contributed by atoms with Gasteiger partial charge < -0.3 is 24.4 Å². The van der Waals surface area contributed by atoms with E-state index in [2.05, 4.69) is 6.58 Å². The van der Waals surface area contributed by atoms with Crippen LogP contribution in [0.1, 0.15) is 46.4 Å². The largest absolute Gasteiger partial charge is 0.495 e. The molecule has 6 nitrogen and oxygen atoms in total. The molecule has 2 aliphatic heterocycles. The smallest absolute Gasteiger partial charge is 0.345 e. The molecule has 2 N–H and O–H groups in total. The number of rotatable bonds is 2. The number of fused-ring (bicyclic) bond motifs is 3. The van der Waals surface area contributed by atoms with Gasteiger partial charge in [-0.1, -0.05) is 12.2 Å². The van der Waals surface area contributed by atoms with Gasteiger partial charge in [0.2, 0.25) is 6.29 Å². The highest BCUT2D eigenvalue weighted by molar-refractivity contribution is 5.98. The molecule has 2 heterocycles. The van der Waals surface area contributed by atoms with Crippen molar-refractivity contribution in [2.45, 2.75) is 26.2 Å². The zero-order valence-electron chi connectivity index (χ0n) is 12.7. The second-order valence-corrected chi connectivity index (χ2v) is 5.66. The van der Waals surface area contributed by atoms with Crippen molar-refractivity contribution < 1.29 is 29.2 Å². The van der Waals surface area contributed by atoms with Crippen molar-refractivity contribution in [1.29, 1.82) is 0 Å². The van der Waals surface area contributed by atoms with Gasteiger partial charge in [-0.05, 0) is 13.8 Å². The van der Waals surface area contributed by atoms with Crippen molar-refractivity contribution in [3.63, 3.8) is 0 Å². The van der Waals surface area contributed by atoms with Gasteiger partial charge in [0.1, 0.15) is 17.1 Å². The normalized spacial score (nSPS) is 25.9. The lowest BCUT2D eigenvalue weighted by Crippen LogP contribution is -2.29. The molecule has 1 unspecified atom stereocenters. The molecule has 1 aromatic rings. The van der Waals surface area contributed by atoms with E-state index in [1.54, 1.807) is 13.8 Å². The maximum Gasteiger partial charge on any atom is 0.345 e. The van der Waals surface area contributed by atoms with Crippen LogP contribution in [0.15, 0.2) is 12.2 Å². The van der Waals surface area contributed by atoms with Gasteiger partial charge in [-0.3, -0.25) is 0 Å². The Labute approximate surface area is 127 Å². The predicted molar refractivity (Wildman–Crippen MR) is 76.9 cm³/mol. The quantitative estimate of drug-likeness (QED) is 0.640. The molecule has 3 rings (SSSR count). The van der Waals surface area contributed by atoms with Crippen LogP contribution in [0.2, 0.25) is 0 Å². The number of hydrogen-bond donors (Lipinski definition) is 2. The number of esters is 1. The summed E-state index contributed by atoms with van der Waals surface area (Å²) >= 11 is 0. The van der Waals surface area contributed by atoms with Gasteiger partial charge in [-0.15, -0.1) is 0 Å². The summed E-state index contributed by atoms with van der Waals surface area (Å²) in [6.45, 7) is 7.68. The molecule has 1 aromatic carbocycles. The number of cyclic esters (lactones) is 1. The zero-order chi connectivity index (χ0) is 16.2. The Balaban J connectivity index is 2.31. The molecule has 0 saturated heterocycles. The number of carbonyl (C=O) groups excluding carboxylic acids is 1. The van der Waals surface area contributed by atoms with Crippen LogP contribution in [0, 0.1) is 12.8 Å². The lowest BCUT2D eigenvalue weighted by molar-refractivity contribution is -0.0571. The van der Waals surface area contributed by atoms with Gasteiger partial charge in [0.15, 0.2) is 0 Å². The van der Waals surface area contributed by atoms with Gasteiger partial charge >= 0.3 is 5.97 Å². The van der Waals surface area contributed by atoms with E-state index in [0.717, 1.165) is 5.57 Å². The lowest BCUT2D eigenvalue weighted by atomic mass is 9.83. The molecule has 2 aliphatic rings. The average Bonchev–Trinajstić information content (AvgIpc) is 2.74. The molecule has 0 amide bonds. The van der Waals surface area contributed by atoms with Gasteiger partial charge in [-0.2, -0.15) is 0 Å². The Hall–Kier alpha value is -2.05. The summed E-state index contributed by atoms with van der Waals surface area (Å²) in [6, 6.07) is 0. The van der Waals surface area contributed by atoms with Gasteiger partial charge in [0, 0.05) is 22.6 Å². The van der Waals surface area contributed by atoms with Crippen molar-refractivity contribution in [3.05, 3.63) is 34.4 Å². The average molecular weight is 306 g/mol. The first-order chi connectivity index (χ1) is 10.4. The molecule has 0 saturated carbocycles. The Kier molecular flexibility index (Phi) is 3.38. The first-order valence-corrected chi connectivity index (χ1v) is 6.98. The minimum atomic E-state index is -1.44. The fraction of sp³-hybridized carbons (Fsp3) is 0.438. The van der Waals surface area contributed by atoms with Crippen LogP contribution in [0.25, 0.3) is 0 Å². The maximum atomic E-state index is 12.0. The molecule has 22 heavy (non-hydrogen) atoms. The Bertz CT molecular complexity index is 678. The summed E-state index contributed by atoms with van der Waals surface area (Å²) in [6.07, 6.45) is -2.36. The third kappa shape index (κ3) is 1.84. The van der Waals surface area contributed by atoms with Gasteiger partial charge in [-0.25, -0.2) is 4.79 Å². The summed E-state index contributed by atoms with van der Waals surface area (Å²) in [5.41, 5.74) is 2.12. The number of aliphatic hydroxyl groups is 2. The van der Waals surface area contributed by atoms with Crippen molar-refractivity contribution in [1.82, 2.24) is 0 Å². The molecule has 0 spiro atoms. The highest BCUT2D eigenvalue weighted by atomic mass is 16.6. The van der Waals surface area contributed by atoms with E-state index in [1.165, 1.54) is 7.11 Å². The van der Waals surface area contributed by atoms with Crippen molar-refractivity contribution in [3.8, 4) is 11.5 Å². The Morgan fingerprint density at radius 1 is 1.36 bits per heavy atom. The molecular formula is C16H18O6. The summed E-state index contributed by atoms with van der Waals surface area (Å²) in [4.78, 5) is 12.0. The number of methoxy groups -OCH3 is 1. The summed E-state index contributed by atoms with van der Waals surface area (Å²) < 4.78 is 15.9. The standard InChI is InChI=1S/C16H18O6/c1-6(2)8-5-21-14-7(3)13(20-4)11-9(10(14)12(8)17)15(18)22-16(11)19/h8,12,15,17-18H,1,5H2,2-4H3/t8-,12+,15?/m1/s1. The Morgan fingerprint density at radius 2 is 2.05 bits per heavy atom. The highest BCUT2D eigenvalue weighted by Crippen LogP contribution is 2.51. The van der Waals surface area contributed by atoms with Crippen LogP contribution in [0.3, 0.4) is 0 Å². The molecule has 0 aromatic heterocycles. The van der Waals surface area contributed by atoms with Crippen LogP contribution >= 0.6 is 0 Å². The van der Waals surface area contributed by atoms with Crippen molar-refractivity contribution >= 4 is 5.97 Å². The first kappa shape index (κ1) is 14.9. The highest BCUT2D eigenvalue weighted by Gasteiger charge is 2.44. The number of hydrogen-bond acceptors (Lipinski definition) is 6. The number of benzene rings is 1. The first-order valence-electron chi connectivity index (χ1n) is 6.98. The molecule has 118 valence electrons. The molecule has 0 bridgehead atoms. The van der Waals surface area contributed by atoms with E-state index in [1.807, 2.05) is 0 Å². The molecule has 3 atom stereocenters. The van der Waals surface area contributed by atoms with Crippen molar-refractivity contribution in [2.24, 2.45) is 5.92 Å². The van der Waals surface area contributed by atoms with E-state index in [-0.39, 0.29) is 23.7 Å². The van der Waals surface area contributed by atoms with Crippen LogP contribution in [0.5, 0.6) is 11.5 Å². The monoisotopic (exact) mass is 306 g/mol. The fourth-order valence-electron chi connectivity index (χ4n) is 3.16.